The van der Waals surface area contributed by atoms with Gasteiger partial charge in [0.25, 0.3) is 0 Å². The lowest BCUT2D eigenvalue weighted by Gasteiger charge is -2.28. The predicted octanol–water partition coefficient (Wildman–Crippen LogP) is -2.26. The zero-order valence-electron chi connectivity index (χ0n) is 17.0. The standard InChI is InChI=1S/C19H28N6O6/c26-9-14(24-16(27)12-3-1-5-21-12)17(28)23-13(7-11-8-20-10-22-11)18(29)25-6-2-4-15(25)19(30)31/h8,10,12-15,21,26H,1-7,9H2,(H,20,22)(H,23,28)(H,24,27)(H,30,31). The first-order valence-corrected chi connectivity index (χ1v) is 10.4. The highest BCUT2D eigenvalue weighted by molar-refractivity contribution is 5.94. The van der Waals surface area contributed by atoms with Crippen LogP contribution in [-0.2, 0) is 25.6 Å². The Balaban J connectivity index is 1.70. The number of aromatic amines is 1. The molecule has 1 aromatic rings. The van der Waals surface area contributed by atoms with Gasteiger partial charge in [-0.2, -0.15) is 0 Å². The van der Waals surface area contributed by atoms with Crippen LogP contribution in [0.4, 0.5) is 0 Å². The third-order valence-corrected chi connectivity index (χ3v) is 5.61. The Hall–Kier alpha value is -2.99. The Labute approximate surface area is 178 Å². The molecule has 0 aliphatic carbocycles. The molecule has 0 aromatic carbocycles. The van der Waals surface area contributed by atoms with Gasteiger partial charge in [0.05, 0.1) is 19.0 Å². The molecule has 31 heavy (non-hydrogen) atoms. The second-order valence-corrected chi connectivity index (χ2v) is 7.76. The largest absolute Gasteiger partial charge is 0.480 e. The van der Waals surface area contributed by atoms with Gasteiger partial charge in [-0.1, -0.05) is 0 Å². The first-order valence-electron chi connectivity index (χ1n) is 10.4. The summed E-state index contributed by atoms with van der Waals surface area (Å²) in [6.07, 6.45) is 5.37. The molecule has 0 radical (unpaired) electrons. The smallest absolute Gasteiger partial charge is 0.326 e. The van der Waals surface area contributed by atoms with E-state index in [0.29, 0.717) is 31.5 Å². The number of carbonyl (C=O) groups excluding carboxylic acids is 3. The van der Waals surface area contributed by atoms with E-state index in [4.69, 9.17) is 0 Å². The van der Waals surface area contributed by atoms with E-state index in [1.807, 2.05) is 0 Å². The van der Waals surface area contributed by atoms with Gasteiger partial charge in [-0.3, -0.25) is 14.4 Å². The van der Waals surface area contributed by atoms with Gasteiger partial charge in [0.15, 0.2) is 0 Å². The first kappa shape index (κ1) is 22.7. The van der Waals surface area contributed by atoms with E-state index >= 15 is 0 Å². The van der Waals surface area contributed by atoms with E-state index < -0.39 is 54.5 Å². The van der Waals surface area contributed by atoms with Crippen LogP contribution in [0.1, 0.15) is 31.4 Å². The van der Waals surface area contributed by atoms with Gasteiger partial charge in [-0.05, 0) is 32.2 Å². The molecule has 3 heterocycles. The zero-order valence-corrected chi connectivity index (χ0v) is 17.0. The molecule has 4 atom stereocenters. The summed E-state index contributed by atoms with van der Waals surface area (Å²) in [5.74, 6) is -2.75. The van der Waals surface area contributed by atoms with Crippen LogP contribution in [0, 0.1) is 0 Å². The SMILES string of the molecule is O=C(NC(CO)C(=O)NC(Cc1cnc[nH]1)C(=O)N1CCCC1C(=O)O)C1CCCN1. The van der Waals surface area contributed by atoms with Gasteiger partial charge in [-0.15, -0.1) is 0 Å². The maximum absolute atomic E-state index is 13.1. The van der Waals surface area contributed by atoms with Crippen molar-refractivity contribution >= 4 is 23.7 Å². The van der Waals surface area contributed by atoms with Crippen molar-refractivity contribution in [3.63, 3.8) is 0 Å². The molecule has 1 aromatic heterocycles. The van der Waals surface area contributed by atoms with Crippen LogP contribution in [0.15, 0.2) is 12.5 Å². The number of carboxylic acids is 1. The third kappa shape index (κ3) is 5.58. The maximum Gasteiger partial charge on any atom is 0.326 e. The molecular formula is C19H28N6O6. The summed E-state index contributed by atoms with van der Waals surface area (Å²) in [5.41, 5.74) is 0.574. The number of aliphatic carboxylic acids is 1. The molecule has 2 aliphatic rings. The predicted molar refractivity (Wildman–Crippen MR) is 107 cm³/mol. The molecule has 0 bridgehead atoms. The van der Waals surface area contributed by atoms with E-state index in [9.17, 15) is 29.4 Å². The van der Waals surface area contributed by atoms with Gasteiger partial charge in [0.1, 0.15) is 18.1 Å². The van der Waals surface area contributed by atoms with E-state index in [1.165, 1.54) is 17.4 Å². The highest BCUT2D eigenvalue weighted by Crippen LogP contribution is 2.19. The van der Waals surface area contributed by atoms with Crippen LogP contribution in [-0.4, -0.2) is 92.6 Å². The Kier molecular flexibility index (Phi) is 7.58. The van der Waals surface area contributed by atoms with Crippen molar-refractivity contribution < 1.29 is 29.4 Å². The molecule has 2 fully saturated rings. The van der Waals surface area contributed by atoms with E-state index in [0.717, 1.165) is 6.42 Å². The number of aromatic nitrogens is 2. The van der Waals surface area contributed by atoms with E-state index in [1.54, 1.807) is 0 Å². The van der Waals surface area contributed by atoms with Crippen molar-refractivity contribution in [2.45, 2.75) is 56.3 Å². The highest BCUT2D eigenvalue weighted by atomic mass is 16.4. The van der Waals surface area contributed by atoms with Crippen molar-refractivity contribution in [1.29, 1.82) is 0 Å². The number of imidazole rings is 1. The number of aliphatic hydroxyl groups is 1. The second-order valence-electron chi connectivity index (χ2n) is 7.76. The minimum absolute atomic E-state index is 0.0592. The Morgan fingerprint density at radius 3 is 2.61 bits per heavy atom. The average Bonchev–Trinajstić information content (AvgIpc) is 3.52. The maximum atomic E-state index is 13.1. The van der Waals surface area contributed by atoms with Crippen molar-refractivity contribution in [2.24, 2.45) is 0 Å². The summed E-state index contributed by atoms with van der Waals surface area (Å²) >= 11 is 0. The van der Waals surface area contributed by atoms with Crippen molar-refractivity contribution in [3.05, 3.63) is 18.2 Å². The van der Waals surface area contributed by atoms with Crippen LogP contribution < -0.4 is 16.0 Å². The van der Waals surface area contributed by atoms with Crippen molar-refractivity contribution in [2.75, 3.05) is 19.7 Å². The molecule has 2 aliphatic heterocycles. The average molecular weight is 436 g/mol. The number of carbonyl (C=O) groups is 4. The molecule has 3 rings (SSSR count). The molecule has 170 valence electrons. The number of hydrogen-bond donors (Lipinski definition) is 6. The minimum atomic E-state index is -1.24. The number of aliphatic hydroxyl groups excluding tert-OH is 1. The van der Waals surface area contributed by atoms with Crippen LogP contribution in [0.2, 0.25) is 0 Å². The Morgan fingerprint density at radius 2 is 2.00 bits per heavy atom. The fourth-order valence-corrected chi connectivity index (χ4v) is 3.95. The lowest BCUT2D eigenvalue weighted by Crippen LogP contribution is -2.58. The number of nitrogens with zero attached hydrogens (tertiary/aromatic N) is 2. The molecule has 0 spiro atoms. The Bertz CT molecular complexity index is 794. The van der Waals surface area contributed by atoms with Gasteiger partial charge in [0.2, 0.25) is 17.7 Å². The number of amides is 3. The van der Waals surface area contributed by atoms with Gasteiger partial charge in [0, 0.05) is 24.9 Å². The minimum Gasteiger partial charge on any atom is -0.480 e. The Morgan fingerprint density at radius 1 is 1.19 bits per heavy atom. The van der Waals surface area contributed by atoms with Gasteiger partial charge < -0.3 is 36.0 Å². The number of H-pyrrole nitrogens is 1. The van der Waals surface area contributed by atoms with Crippen LogP contribution in [0.25, 0.3) is 0 Å². The normalized spacial score (nSPS) is 22.7. The molecule has 0 saturated carbocycles. The number of carboxylic acid groups (broad SMARTS) is 1. The fraction of sp³-hybridized carbons (Fsp3) is 0.632. The number of likely N-dealkylation sites (tertiary alicyclic amines) is 1. The number of hydrogen-bond acceptors (Lipinski definition) is 7. The van der Waals surface area contributed by atoms with Crippen LogP contribution in [0.5, 0.6) is 0 Å². The molecule has 6 N–H and O–H groups in total. The van der Waals surface area contributed by atoms with Crippen LogP contribution in [0.3, 0.4) is 0 Å². The van der Waals surface area contributed by atoms with E-state index in [-0.39, 0.29) is 13.0 Å². The van der Waals surface area contributed by atoms with Gasteiger partial charge >= 0.3 is 5.97 Å². The lowest BCUT2D eigenvalue weighted by atomic mass is 10.1. The summed E-state index contributed by atoms with van der Waals surface area (Å²) in [6.45, 7) is 0.338. The topological polar surface area (TPSA) is 177 Å². The summed E-state index contributed by atoms with van der Waals surface area (Å²) in [7, 11) is 0. The number of rotatable bonds is 9. The molecular weight excluding hydrogens is 408 g/mol. The summed E-state index contributed by atoms with van der Waals surface area (Å²) < 4.78 is 0. The fourth-order valence-electron chi connectivity index (χ4n) is 3.95. The molecule has 12 nitrogen and oxygen atoms in total. The third-order valence-electron chi connectivity index (χ3n) is 5.61. The molecule has 12 heteroatoms. The highest BCUT2D eigenvalue weighted by Gasteiger charge is 2.38. The summed E-state index contributed by atoms with van der Waals surface area (Å²) in [6, 6.07) is -3.69. The first-order chi connectivity index (χ1) is 14.9. The lowest BCUT2D eigenvalue weighted by molar-refractivity contribution is -0.149. The summed E-state index contributed by atoms with van der Waals surface area (Å²) in [5, 5.41) is 27.1. The van der Waals surface area contributed by atoms with Crippen molar-refractivity contribution in [1.82, 2.24) is 30.8 Å². The monoisotopic (exact) mass is 436 g/mol. The van der Waals surface area contributed by atoms with E-state index in [2.05, 4.69) is 25.9 Å². The van der Waals surface area contributed by atoms with Crippen molar-refractivity contribution in [3.8, 4) is 0 Å². The molecule has 2 saturated heterocycles. The quantitative estimate of drug-likeness (QED) is 0.251. The van der Waals surface area contributed by atoms with Crippen LogP contribution >= 0.6 is 0 Å². The van der Waals surface area contributed by atoms with Gasteiger partial charge in [-0.25, -0.2) is 9.78 Å². The summed E-state index contributed by atoms with van der Waals surface area (Å²) in [4.78, 5) is 57.7. The second kappa shape index (κ2) is 10.4. The molecule has 4 unspecified atom stereocenters. The number of nitrogens with one attached hydrogen (secondary N) is 4. The molecule has 3 amide bonds. The zero-order chi connectivity index (χ0) is 22.4.